The molecular formula is C12H10O5. The number of hydrogen-bond acceptors (Lipinski definition) is 4. The third-order valence-corrected chi connectivity index (χ3v) is 2.33. The molecule has 0 spiro atoms. The fraction of sp³-hybridized carbons (Fsp3) is 0.0833. The molecule has 0 unspecified atom stereocenters. The third-order valence-electron chi connectivity index (χ3n) is 2.33. The van der Waals surface area contributed by atoms with E-state index in [-0.39, 0.29) is 17.9 Å². The quantitative estimate of drug-likeness (QED) is 0.753. The van der Waals surface area contributed by atoms with Crippen molar-refractivity contribution in [2.45, 2.75) is 6.61 Å². The number of aliphatic hydroxyl groups excluding tert-OH is 1. The van der Waals surface area contributed by atoms with Gasteiger partial charge < -0.3 is 19.7 Å². The van der Waals surface area contributed by atoms with Crippen LogP contribution in [0.1, 0.15) is 16.1 Å². The molecule has 0 fully saturated rings. The Bertz CT molecular complexity index is 556. The maximum Gasteiger partial charge on any atom is 0.339 e. The first-order valence-corrected chi connectivity index (χ1v) is 4.88. The van der Waals surface area contributed by atoms with Gasteiger partial charge in [0, 0.05) is 5.56 Å². The van der Waals surface area contributed by atoms with Crippen LogP contribution in [0.5, 0.6) is 5.75 Å². The smallest absolute Gasteiger partial charge is 0.339 e. The maximum absolute atomic E-state index is 10.8. The number of carboxylic acid groups (broad SMARTS) is 1. The lowest BCUT2D eigenvalue weighted by atomic mass is 10.1. The molecule has 5 heteroatoms. The molecule has 0 atom stereocenters. The fourth-order valence-corrected chi connectivity index (χ4v) is 1.48. The van der Waals surface area contributed by atoms with Gasteiger partial charge in [-0.05, 0) is 30.3 Å². The van der Waals surface area contributed by atoms with Crippen LogP contribution in [0.4, 0.5) is 0 Å². The zero-order valence-corrected chi connectivity index (χ0v) is 8.75. The van der Waals surface area contributed by atoms with Crippen LogP contribution in [0.3, 0.4) is 0 Å². The van der Waals surface area contributed by atoms with E-state index >= 15 is 0 Å². The highest BCUT2D eigenvalue weighted by Gasteiger charge is 2.12. The summed E-state index contributed by atoms with van der Waals surface area (Å²) in [6.07, 6.45) is 0. The fourth-order valence-electron chi connectivity index (χ4n) is 1.48. The summed E-state index contributed by atoms with van der Waals surface area (Å²) in [5.41, 5.74) is 0.337. The lowest BCUT2D eigenvalue weighted by Gasteiger charge is -2.02. The number of carbonyl (C=O) groups is 1. The van der Waals surface area contributed by atoms with E-state index in [0.717, 1.165) is 0 Å². The Hall–Kier alpha value is -2.27. The van der Waals surface area contributed by atoms with Crippen molar-refractivity contribution in [1.29, 1.82) is 0 Å². The summed E-state index contributed by atoms with van der Waals surface area (Å²) in [5, 5.41) is 27.1. The first-order valence-electron chi connectivity index (χ1n) is 4.88. The van der Waals surface area contributed by atoms with Gasteiger partial charge in [-0.25, -0.2) is 4.79 Å². The van der Waals surface area contributed by atoms with Crippen molar-refractivity contribution < 1.29 is 24.5 Å². The molecule has 1 aromatic carbocycles. The van der Waals surface area contributed by atoms with Crippen molar-refractivity contribution in [2.75, 3.05) is 0 Å². The van der Waals surface area contributed by atoms with Crippen molar-refractivity contribution in [3.63, 3.8) is 0 Å². The van der Waals surface area contributed by atoms with Crippen molar-refractivity contribution >= 4 is 5.97 Å². The van der Waals surface area contributed by atoms with E-state index in [0.29, 0.717) is 17.1 Å². The summed E-state index contributed by atoms with van der Waals surface area (Å²) in [6.45, 7) is -0.218. The van der Waals surface area contributed by atoms with Gasteiger partial charge in [0.1, 0.15) is 29.4 Å². The number of rotatable bonds is 3. The highest BCUT2D eigenvalue weighted by atomic mass is 16.4. The standard InChI is InChI=1S/C12H10O5/c13-6-8-2-4-11(17-8)7-1-3-10(14)9(5-7)12(15)16/h1-5,13-14H,6H2,(H,15,16). The Kier molecular flexibility index (Phi) is 2.84. The van der Waals surface area contributed by atoms with E-state index < -0.39 is 5.97 Å². The molecule has 5 nitrogen and oxygen atoms in total. The Morgan fingerprint density at radius 2 is 2.00 bits per heavy atom. The first kappa shape index (κ1) is 11.2. The molecule has 0 bridgehead atoms. The lowest BCUT2D eigenvalue weighted by Crippen LogP contribution is -1.96. The van der Waals surface area contributed by atoms with Gasteiger partial charge in [-0.3, -0.25) is 0 Å². The minimum Gasteiger partial charge on any atom is -0.507 e. The van der Waals surface area contributed by atoms with Crippen molar-refractivity contribution in [3.05, 3.63) is 41.7 Å². The highest BCUT2D eigenvalue weighted by molar-refractivity contribution is 5.92. The molecule has 1 heterocycles. The molecule has 0 saturated heterocycles. The largest absolute Gasteiger partial charge is 0.507 e. The maximum atomic E-state index is 10.8. The van der Waals surface area contributed by atoms with Gasteiger partial charge in [0.05, 0.1) is 0 Å². The Balaban J connectivity index is 2.46. The van der Waals surface area contributed by atoms with Crippen LogP contribution >= 0.6 is 0 Å². The minimum atomic E-state index is -1.21. The molecule has 3 N–H and O–H groups in total. The average molecular weight is 234 g/mol. The molecule has 0 aliphatic rings. The zero-order chi connectivity index (χ0) is 12.4. The molecule has 2 aromatic rings. The van der Waals surface area contributed by atoms with E-state index in [1.54, 1.807) is 18.2 Å². The van der Waals surface area contributed by atoms with E-state index in [2.05, 4.69) is 0 Å². The van der Waals surface area contributed by atoms with Crippen LogP contribution in [0.15, 0.2) is 34.7 Å². The number of aromatic hydroxyl groups is 1. The molecule has 0 saturated carbocycles. The molecule has 88 valence electrons. The molecule has 0 amide bonds. The number of aliphatic hydroxyl groups is 1. The predicted octanol–water partition coefficient (Wildman–Crippen LogP) is 1.84. The number of phenols is 1. The van der Waals surface area contributed by atoms with Crippen LogP contribution in [-0.2, 0) is 6.61 Å². The summed E-state index contributed by atoms with van der Waals surface area (Å²) in [4.78, 5) is 10.8. The van der Waals surface area contributed by atoms with Gasteiger partial charge in [-0.2, -0.15) is 0 Å². The van der Waals surface area contributed by atoms with Crippen LogP contribution in [-0.4, -0.2) is 21.3 Å². The van der Waals surface area contributed by atoms with Gasteiger partial charge in [0.15, 0.2) is 0 Å². The van der Waals surface area contributed by atoms with Crippen molar-refractivity contribution in [1.82, 2.24) is 0 Å². The van der Waals surface area contributed by atoms with E-state index in [9.17, 15) is 9.90 Å². The third kappa shape index (κ3) is 2.14. The second-order valence-corrected chi connectivity index (χ2v) is 3.46. The van der Waals surface area contributed by atoms with Gasteiger partial charge in [0.2, 0.25) is 0 Å². The van der Waals surface area contributed by atoms with Crippen molar-refractivity contribution in [2.24, 2.45) is 0 Å². The number of hydrogen-bond donors (Lipinski definition) is 3. The molecule has 0 aliphatic carbocycles. The molecule has 2 rings (SSSR count). The molecule has 0 aliphatic heterocycles. The Morgan fingerprint density at radius 1 is 1.24 bits per heavy atom. The van der Waals surface area contributed by atoms with Crippen LogP contribution in [0.25, 0.3) is 11.3 Å². The van der Waals surface area contributed by atoms with Crippen LogP contribution in [0.2, 0.25) is 0 Å². The molecular weight excluding hydrogens is 224 g/mol. The Morgan fingerprint density at radius 3 is 2.59 bits per heavy atom. The van der Waals surface area contributed by atoms with Crippen LogP contribution < -0.4 is 0 Å². The summed E-state index contributed by atoms with van der Waals surface area (Å²) >= 11 is 0. The monoisotopic (exact) mass is 234 g/mol. The number of furan rings is 1. The number of benzene rings is 1. The first-order chi connectivity index (χ1) is 8.11. The van der Waals surface area contributed by atoms with Crippen molar-refractivity contribution in [3.8, 4) is 17.1 Å². The molecule has 1 aromatic heterocycles. The second-order valence-electron chi connectivity index (χ2n) is 3.46. The highest BCUT2D eigenvalue weighted by Crippen LogP contribution is 2.27. The van der Waals surface area contributed by atoms with Gasteiger partial charge in [0.25, 0.3) is 0 Å². The summed E-state index contributed by atoms with van der Waals surface area (Å²) < 4.78 is 5.27. The lowest BCUT2D eigenvalue weighted by molar-refractivity contribution is 0.0694. The SMILES string of the molecule is O=C(O)c1cc(-c2ccc(CO)o2)ccc1O. The summed E-state index contributed by atoms with van der Waals surface area (Å²) in [5.74, 6) is -0.671. The Labute approximate surface area is 96.6 Å². The topological polar surface area (TPSA) is 90.9 Å². The summed E-state index contributed by atoms with van der Waals surface area (Å²) in [7, 11) is 0. The minimum absolute atomic E-state index is 0.190. The van der Waals surface area contributed by atoms with Gasteiger partial charge >= 0.3 is 5.97 Å². The second kappa shape index (κ2) is 4.31. The van der Waals surface area contributed by atoms with Crippen LogP contribution in [0, 0.1) is 0 Å². The van der Waals surface area contributed by atoms with Gasteiger partial charge in [-0.15, -0.1) is 0 Å². The van der Waals surface area contributed by atoms with E-state index in [1.807, 2.05) is 0 Å². The number of carboxylic acids is 1. The zero-order valence-electron chi connectivity index (χ0n) is 8.75. The predicted molar refractivity (Wildman–Crippen MR) is 58.7 cm³/mol. The number of aromatic carboxylic acids is 1. The molecule has 0 radical (unpaired) electrons. The molecule has 17 heavy (non-hydrogen) atoms. The van der Waals surface area contributed by atoms with Gasteiger partial charge in [-0.1, -0.05) is 0 Å². The van der Waals surface area contributed by atoms with E-state index in [1.165, 1.54) is 12.1 Å². The van der Waals surface area contributed by atoms with E-state index in [4.69, 9.17) is 14.6 Å². The normalized spacial score (nSPS) is 10.4. The average Bonchev–Trinajstić information content (AvgIpc) is 2.78. The summed E-state index contributed by atoms with van der Waals surface area (Å²) in [6, 6.07) is 7.38.